The Hall–Kier alpha value is -1.48. The molecule has 3 rings (SSSR count). The molecular formula is C17H18BrNO. The number of hydrogen-bond acceptors (Lipinski definition) is 2. The summed E-state index contributed by atoms with van der Waals surface area (Å²) in [5, 5.41) is 3.67. The molecule has 1 aliphatic carbocycles. The van der Waals surface area contributed by atoms with Crippen LogP contribution in [0.2, 0.25) is 0 Å². The maximum atomic E-state index is 5.26. The van der Waals surface area contributed by atoms with Crippen molar-refractivity contribution in [1.29, 1.82) is 0 Å². The van der Waals surface area contributed by atoms with E-state index in [-0.39, 0.29) is 0 Å². The fraction of sp³-hybridized carbons (Fsp3) is 0.294. The maximum absolute atomic E-state index is 5.26. The van der Waals surface area contributed by atoms with E-state index in [1.807, 2.05) is 6.07 Å². The van der Waals surface area contributed by atoms with Crippen LogP contribution in [0, 0.1) is 6.92 Å². The third-order valence-electron chi connectivity index (χ3n) is 3.98. The summed E-state index contributed by atoms with van der Waals surface area (Å²) in [7, 11) is 1.70. The molecule has 1 unspecified atom stereocenters. The molecule has 0 radical (unpaired) electrons. The van der Waals surface area contributed by atoms with Gasteiger partial charge in [0.25, 0.3) is 0 Å². The second-order valence-electron chi connectivity index (χ2n) is 5.22. The second-order valence-corrected chi connectivity index (χ2v) is 6.08. The lowest BCUT2D eigenvalue weighted by atomic mass is 10.1. The van der Waals surface area contributed by atoms with Gasteiger partial charge in [0.15, 0.2) is 0 Å². The van der Waals surface area contributed by atoms with Crippen LogP contribution in [0.3, 0.4) is 0 Å². The third kappa shape index (κ3) is 2.42. The van der Waals surface area contributed by atoms with Crippen LogP contribution in [0.15, 0.2) is 40.9 Å². The van der Waals surface area contributed by atoms with E-state index in [1.54, 1.807) is 7.11 Å². The Bertz CT molecular complexity index is 639. The molecule has 0 fully saturated rings. The summed E-state index contributed by atoms with van der Waals surface area (Å²) in [5.74, 6) is 0.905. The Morgan fingerprint density at radius 2 is 2.10 bits per heavy atom. The highest BCUT2D eigenvalue weighted by Gasteiger charge is 2.24. The molecule has 0 amide bonds. The van der Waals surface area contributed by atoms with E-state index in [2.05, 4.69) is 58.5 Å². The number of fused-ring (bicyclic) bond motifs is 1. The van der Waals surface area contributed by atoms with E-state index in [9.17, 15) is 0 Å². The van der Waals surface area contributed by atoms with Crippen molar-refractivity contribution in [2.24, 2.45) is 0 Å². The molecule has 2 aromatic carbocycles. The minimum atomic E-state index is 0.398. The molecule has 0 bridgehead atoms. The van der Waals surface area contributed by atoms with E-state index in [4.69, 9.17) is 4.74 Å². The number of nitrogens with one attached hydrogen (secondary N) is 1. The number of methoxy groups -OCH3 is 1. The molecule has 1 N–H and O–H groups in total. The highest BCUT2D eigenvalue weighted by atomic mass is 79.9. The second kappa shape index (κ2) is 5.49. The van der Waals surface area contributed by atoms with Crippen molar-refractivity contribution in [1.82, 2.24) is 0 Å². The van der Waals surface area contributed by atoms with E-state index in [0.29, 0.717) is 6.04 Å². The number of rotatable bonds is 3. The minimum absolute atomic E-state index is 0.398. The van der Waals surface area contributed by atoms with Crippen molar-refractivity contribution in [2.75, 3.05) is 12.4 Å². The lowest BCUT2D eigenvalue weighted by Gasteiger charge is -2.18. The molecule has 0 aliphatic heterocycles. The monoisotopic (exact) mass is 331 g/mol. The summed E-state index contributed by atoms with van der Waals surface area (Å²) < 4.78 is 6.49. The summed E-state index contributed by atoms with van der Waals surface area (Å²) in [4.78, 5) is 0. The standard InChI is InChI=1S/C17H18BrNO/c1-11-10-12(20-2)6-8-16(11)19-17-9-7-13-14(17)4-3-5-15(13)18/h3-6,8,10,17,19H,7,9H2,1-2H3. The first-order valence-electron chi connectivity index (χ1n) is 6.87. The molecule has 1 atom stereocenters. The van der Waals surface area contributed by atoms with Gasteiger partial charge in [-0.05, 0) is 60.7 Å². The van der Waals surface area contributed by atoms with Gasteiger partial charge < -0.3 is 10.1 Å². The van der Waals surface area contributed by atoms with Gasteiger partial charge in [0.05, 0.1) is 13.2 Å². The molecule has 20 heavy (non-hydrogen) atoms. The highest BCUT2D eigenvalue weighted by Crippen LogP contribution is 2.38. The van der Waals surface area contributed by atoms with Crippen LogP contribution in [0.5, 0.6) is 5.75 Å². The quantitative estimate of drug-likeness (QED) is 0.866. The van der Waals surface area contributed by atoms with Gasteiger partial charge in [0.2, 0.25) is 0 Å². The molecular weight excluding hydrogens is 314 g/mol. The number of hydrogen-bond donors (Lipinski definition) is 1. The Morgan fingerprint density at radius 1 is 1.25 bits per heavy atom. The fourth-order valence-corrected chi connectivity index (χ4v) is 3.45. The zero-order valence-electron chi connectivity index (χ0n) is 11.7. The first kappa shape index (κ1) is 13.5. The number of aryl methyl sites for hydroxylation is 1. The lowest BCUT2D eigenvalue weighted by Crippen LogP contribution is -2.08. The number of halogens is 1. The van der Waals surface area contributed by atoms with Crippen LogP contribution >= 0.6 is 15.9 Å². The Morgan fingerprint density at radius 3 is 2.85 bits per heavy atom. The smallest absolute Gasteiger partial charge is 0.119 e. The lowest BCUT2D eigenvalue weighted by molar-refractivity contribution is 0.414. The van der Waals surface area contributed by atoms with Gasteiger partial charge in [-0.3, -0.25) is 0 Å². The van der Waals surface area contributed by atoms with Crippen LogP contribution in [-0.4, -0.2) is 7.11 Å². The first-order valence-corrected chi connectivity index (χ1v) is 7.67. The van der Waals surface area contributed by atoms with Crippen molar-refractivity contribution >= 4 is 21.6 Å². The molecule has 3 heteroatoms. The van der Waals surface area contributed by atoms with E-state index < -0.39 is 0 Å². The third-order valence-corrected chi connectivity index (χ3v) is 4.72. The first-order chi connectivity index (χ1) is 9.69. The molecule has 0 aromatic heterocycles. The average molecular weight is 332 g/mol. The molecule has 0 saturated heterocycles. The molecule has 2 aromatic rings. The SMILES string of the molecule is COc1ccc(NC2CCc3c(Br)cccc32)c(C)c1. The summed E-state index contributed by atoms with van der Waals surface area (Å²) in [6.07, 6.45) is 2.27. The van der Waals surface area contributed by atoms with Crippen molar-refractivity contribution in [3.05, 3.63) is 57.6 Å². The Balaban J connectivity index is 1.86. The number of anilines is 1. The predicted octanol–water partition coefficient (Wildman–Crippen LogP) is 4.87. The molecule has 0 heterocycles. The Kier molecular flexibility index (Phi) is 3.70. The normalized spacial score (nSPS) is 16.9. The van der Waals surface area contributed by atoms with Crippen LogP contribution in [-0.2, 0) is 6.42 Å². The molecule has 1 aliphatic rings. The fourth-order valence-electron chi connectivity index (χ4n) is 2.87. The van der Waals surface area contributed by atoms with Gasteiger partial charge in [-0.25, -0.2) is 0 Å². The van der Waals surface area contributed by atoms with E-state index in [0.717, 1.165) is 18.6 Å². The largest absolute Gasteiger partial charge is 0.497 e. The number of benzene rings is 2. The van der Waals surface area contributed by atoms with Crippen LogP contribution in [0.4, 0.5) is 5.69 Å². The van der Waals surface area contributed by atoms with Gasteiger partial charge in [-0.1, -0.05) is 28.1 Å². The van der Waals surface area contributed by atoms with Crippen molar-refractivity contribution < 1.29 is 4.74 Å². The van der Waals surface area contributed by atoms with Gasteiger partial charge in [0.1, 0.15) is 5.75 Å². The summed E-state index contributed by atoms with van der Waals surface area (Å²) >= 11 is 3.65. The maximum Gasteiger partial charge on any atom is 0.119 e. The van der Waals surface area contributed by atoms with Crippen LogP contribution in [0.1, 0.15) is 29.2 Å². The van der Waals surface area contributed by atoms with Crippen LogP contribution in [0.25, 0.3) is 0 Å². The predicted molar refractivity (Wildman–Crippen MR) is 86.6 cm³/mol. The van der Waals surface area contributed by atoms with E-state index in [1.165, 1.54) is 26.9 Å². The van der Waals surface area contributed by atoms with Crippen LogP contribution < -0.4 is 10.1 Å². The minimum Gasteiger partial charge on any atom is -0.497 e. The van der Waals surface area contributed by atoms with Gasteiger partial charge in [-0.2, -0.15) is 0 Å². The zero-order chi connectivity index (χ0) is 14.1. The van der Waals surface area contributed by atoms with Crippen molar-refractivity contribution in [2.45, 2.75) is 25.8 Å². The summed E-state index contributed by atoms with van der Waals surface area (Å²) in [6, 6.07) is 13.0. The van der Waals surface area contributed by atoms with E-state index >= 15 is 0 Å². The molecule has 0 spiro atoms. The average Bonchev–Trinajstić information content (AvgIpc) is 2.86. The molecule has 104 valence electrons. The van der Waals surface area contributed by atoms with Gasteiger partial charge in [0, 0.05) is 10.2 Å². The van der Waals surface area contributed by atoms with Gasteiger partial charge >= 0.3 is 0 Å². The summed E-state index contributed by atoms with van der Waals surface area (Å²) in [5.41, 5.74) is 5.25. The molecule has 0 saturated carbocycles. The zero-order valence-corrected chi connectivity index (χ0v) is 13.3. The molecule has 2 nitrogen and oxygen atoms in total. The number of ether oxygens (including phenoxy) is 1. The van der Waals surface area contributed by atoms with Crippen molar-refractivity contribution in [3.63, 3.8) is 0 Å². The highest BCUT2D eigenvalue weighted by molar-refractivity contribution is 9.10. The summed E-state index contributed by atoms with van der Waals surface area (Å²) in [6.45, 7) is 2.11. The topological polar surface area (TPSA) is 21.3 Å². The Labute approximate surface area is 128 Å². The van der Waals surface area contributed by atoms with Crippen molar-refractivity contribution in [3.8, 4) is 5.75 Å². The van der Waals surface area contributed by atoms with Gasteiger partial charge in [-0.15, -0.1) is 0 Å².